The van der Waals surface area contributed by atoms with Crippen molar-refractivity contribution in [1.29, 1.82) is 0 Å². The first kappa shape index (κ1) is 33.3. The first-order chi connectivity index (χ1) is 22.5. The van der Waals surface area contributed by atoms with Crippen molar-refractivity contribution in [3.63, 3.8) is 0 Å². The number of aromatic nitrogens is 3. The Morgan fingerprint density at radius 2 is 1.74 bits per heavy atom. The fraction of sp³-hybridized carbons (Fsp3) is 0.324. The van der Waals surface area contributed by atoms with Gasteiger partial charge >= 0.3 is 0 Å². The highest BCUT2D eigenvalue weighted by Crippen LogP contribution is 2.31. The molecule has 246 valence electrons. The standard InChI is InChI=1S/C34H35F3N6O4/c1-19(2)28-15-30(34(46)42-16-24(17-42)47-4)43(41-28)18-31(44)40-29(12-20-10-22(35)14-23(36)11-20)32-25(6-5-9-39-32)21-7-8-27(37)26(13-21)33(45)38-3/h5-11,13-15,19,24,29H,12,16-18H2,1-4H3,(H,38,45)(H,40,44)/t29-/m0/s1. The number of hydrogen-bond donors (Lipinski definition) is 2. The highest BCUT2D eigenvalue weighted by molar-refractivity contribution is 5.96. The Morgan fingerprint density at radius 3 is 2.40 bits per heavy atom. The van der Waals surface area contributed by atoms with Crippen LogP contribution in [-0.4, -0.2) is 70.7 Å². The monoisotopic (exact) mass is 648 g/mol. The van der Waals surface area contributed by atoms with Crippen LogP contribution < -0.4 is 10.6 Å². The molecule has 0 unspecified atom stereocenters. The predicted octanol–water partition coefficient (Wildman–Crippen LogP) is 4.42. The van der Waals surface area contributed by atoms with Crippen molar-refractivity contribution in [1.82, 2.24) is 30.3 Å². The topological polar surface area (TPSA) is 118 Å². The van der Waals surface area contributed by atoms with E-state index in [-0.39, 0.29) is 47.7 Å². The van der Waals surface area contributed by atoms with E-state index in [1.165, 1.54) is 30.1 Å². The molecule has 3 heterocycles. The van der Waals surface area contributed by atoms with E-state index >= 15 is 0 Å². The van der Waals surface area contributed by atoms with E-state index in [1.807, 2.05) is 13.8 Å². The molecule has 10 nitrogen and oxygen atoms in total. The van der Waals surface area contributed by atoms with Crippen molar-refractivity contribution in [3.8, 4) is 11.1 Å². The van der Waals surface area contributed by atoms with Gasteiger partial charge in [0.15, 0.2) is 0 Å². The van der Waals surface area contributed by atoms with Crippen LogP contribution in [0.4, 0.5) is 13.2 Å². The molecule has 2 N–H and O–H groups in total. The average molecular weight is 649 g/mol. The van der Waals surface area contributed by atoms with Crippen LogP contribution in [-0.2, 0) is 22.5 Å². The number of nitrogens with one attached hydrogen (secondary N) is 2. The average Bonchev–Trinajstić information content (AvgIpc) is 3.43. The van der Waals surface area contributed by atoms with Gasteiger partial charge in [0.1, 0.15) is 29.7 Å². The second-order valence-electron chi connectivity index (χ2n) is 11.6. The number of carbonyl (C=O) groups is 3. The summed E-state index contributed by atoms with van der Waals surface area (Å²) in [5, 5.41) is 9.85. The SMILES string of the molecule is CNC(=O)c1cc(-c2cccnc2[C@H](Cc2cc(F)cc(F)c2)NC(=O)Cn2nc(C(C)C)cc2C(=O)N2CC(OC)C2)ccc1F. The number of amides is 3. The fourth-order valence-electron chi connectivity index (χ4n) is 5.42. The molecular weight excluding hydrogens is 613 g/mol. The van der Waals surface area contributed by atoms with Crippen LogP contribution in [0.5, 0.6) is 0 Å². The van der Waals surface area contributed by atoms with E-state index in [2.05, 4.69) is 20.7 Å². The predicted molar refractivity (Wildman–Crippen MR) is 167 cm³/mol. The summed E-state index contributed by atoms with van der Waals surface area (Å²) in [6, 6.07) is 11.1. The third kappa shape index (κ3) is 7.51. The molecular formula is C34H35F3N6O4. The number of rotatable bonds is 11. The normalized spacial score (nSPS) is 13.7. The van der Waals surface area contributed by atoms with Crippen molar-refractivity contribution in [3.05, 3.63) is 106 Å². The number of methoxy groups -OCH3 is 1. The number of halogens is 3. The van der Waals surface area contributed by atoms with Gasteiger partial charge in [-0.2, -0.15) is 5.10 Å². The van der Waals surface area contributed by atoms with Gasteiger partial charge in [0.25, 0.3) is 11.8 Å². The lowest BCUT2D eigenvalue weighted by atomic mass is 9.94. The van der Waals surface area contributed by atoms with Gasteiger partial charge in [-0.25, -0.2) is 13.2 Å². The van der Waals surface area contributed by atoms with Gasteiger partial charge in [0.2, 0.25) is 5.91 Å². The third-order valence-corrected chi connectivity index (χ3v) is 7.99. The van der Waals surface area contributed by atoms with Gasteiger partial charge in [0.05, 0.1) is 29.1 Å². The van der Waals surface area contributed by atoms with Gasteiger partial charge in [-0.3, -0.25) is 24.0 Å². The molecule has 1 aliphatic heterocycles. The zero-order valence-corrected chi connectivity index (χ0v) is 26.4. The van der Waals surface area contributed by atoms with E-state index in [4.69, 9.17) is 4.74 Å². The second kappa shape index (κ2) is 14.2. The number of likely N-dealkylation sites (tertiary alicyclic amines) is 1. The minimum atomic E-state index is -0.939. The Labute approximate surface area is 269 Å². The molecule has 2 aromatic heterocycles. The van der Waals surface area contributed by atoms with E-state index in [9.17, 15) is 27.6 Å². The van der Waals surface area contributed by atoms with Crippen LogP contribution in [0, 0.1) is 17.5 Å². The van der Waals surface area contributed by atoms with Crippen LogP contribution in [0.25, 0.3) is 11.1 Å². The smallest absolute Gasteiger partial charge is 0.272 e. The van der Waals surface area contributed by atoms with Crippen molar-refractivity contribution < 1.29 is 32.3 Å². The molecule has 1 atom stereocenters. The second-order valence-corrected chi connectivity index (χ2v) is 11.6. The number of benzene rings is 2. The maximum absolute atomic E-state index is 14.5. The molecule has 13 heteroatoms. The molecule has 1 saturated heterocycles. The van der Waals surface area contributed by atoms with Crippen LogP contribution in [0.15, 0.2) is 60.8 Å². The molecule has 3 amide bonds. The van der Waals surface area contributed by atoms with Gasteiger partial charge < -0.3 is 20.3 Å². The lowest BCUT2D eigenvalue weighted by Crippen LogP contribution is -2.54. The fourth-order valence-corrected chi connectivity index (χ4v) is 5.42. The maximum atomic E-state index is 14.5. The highest BCUT2D eigenvalue weighted by atomic mass is 19.1. The van der Waals surface area contributed by atoms with Crippen molar-refractivity contribution in [2.24, 2.45) is 0 Å². The number of ether oxygens (including phenoxy) is 1. The van der Waals surface area contributed by atoms with Crippen molar-refractivity contribution >= 4 is 17.7 Å². The summed E-state index contributed by atoms with van der Waals surface area (Å²) >= 11 is 0. The number of carbonyl (C=O) groups excluding carboxylic acids is 3. The quantitative estimate of drug-likeness (QED) is 0.249. The van der Waals surface area contributed by atoms with Crippen LogP contribution in [0.3, 0.4) is 0 Å². The summed E-state index contributed by atoms with van der Waals surface area (Å²) in [5.74, 6) is -3.77. The summed E-state index contributed by atoms with van der Waals surface area (Å²) in [5.41, 5.74) is 2.14. The molecule has 5 rings (SSSR count). The van der Waals surface area contributed by atoms with Gasteiger partial charge in [-0.15, -0.1) is 0 Å². The zero-order valence-electron chi connectivity index (χ0n) is 26.4. The van der Waals surface area contributed by atoms with Gasteiger partial charge in [-0.1, -0.05) is 26.0 Å². The molecule has 1 aliphatic rings. The summed E-state index contributed by atoms with van der Waals surface area (Å²) in [7, 11) is 2.97. The Bertz CT molecular complexity index is 1780. The number of hydrogen-bond acceptors (Lipinski definition) is 6. The Hall–Kier alpha value is -5.04. The zero-order chi connectivity index (χ0) is 33.8. The molecule has 1 fully saturated rings. The van der Waals surface area contributed by atoms with Gasteiger partial charge in [0, 0.05) is 45.1 Å². The molecule has 0 saturated carbocycles. The Morgan fingerprint density at radius 1 is 1.02 bits per heavy atom. The largest absolute Gasteiger partial charge is 0.378 e. The lowest BCUT2D eigenvalue weighted by Gasteiger charge is -2.38. The van der Waals surface area contributed by atoms with E-state index in [0.717, 1.165) is 24.3 Å². The minimum Gasteiger partial charge on any atom is -0.378 e. The van der Waals surface area contributed by atoms with E-state index in [1.54, 1.807) is 30.2 Å². The Balaban J connectivity index is 1.49. The van der Waals surface area contributed by atoms with Crippen LogP contribution in [0.1, 0.15) is 63.6 Å². The van der Waals surface area contributed by atoms with Crippen molar-refractivity contribution in [2.75, 3.05) is 27.2 Å². The molecule has 0 bridgehead atoms. The molecule has 2 aromatic carbocycles. The highest BCUT2D eigenvalue weighted by Gasteiger charge is 2.34. The van der Waals surface area contributed by atoms with E-state index in [0.29, 0.717) is 35.6 Å². The third-order valence-electron chi connectivity index (χ3n) is 7.99. The first-order valence-corrected chi connectivity index (χ1v) is 15.1. The van der Waals surface area contributed by atoms with Crippen LogP contribution >= 0.6 is 0 Å². The number of pyridine rings is 1. The molecule has 0 radical (unpaired) electrons. The minimum absolute atomic E-state index is 0.0175. The van der Waals surface area contributed by atoms with Crippen molar-refractivity contribution in [2.45, 2.75) is 44.9 Å². The molecule has 4 aromatic rings. The summed E-state index contributed by atoms with van der Waals surface area (Å²) in [6.45, 7) is 4.36. The summed E-state index contributed by atoms with van der Waals surface area (Å²) in [6.07, 6.45) is 1.37. The summed E-state index contributed by atoms with van der Waals surface area (Å²) in [4.78, 5) is 45.5. The Kier molecular flexibility index (Phi) is 10.0. The molecule has 0 aliphatic carbocycles. The summed E-state index contributed by atoms with van der Waals surface area (Å²) < 4.78 is 49.6. The van der Waals surface area contributed by atoms with Gasteiger partial charge in [-0.05, 0) is 59.9 Å². The number of nitrogens with zero attached hydrogens (tertiary/aromatic N) is 4. The van der Waals surface area contributed by atoms with Crippen LogP contribution in [0.2, 0.25) is 0 Å². The molecule has 0 spiro atoms. The van der Waals surface area contributed by atoms with E-state index < -0.39 is 35.3 Å². The molecule has 47 heavy (non-hydrogen) atoms. The lowest BCUT2D eigenvalue weighted by molar-refractivity contribution is -0.122. The maximum Gasteiger partial charge on any atom is 0.272 e. The first-order valence-electron chi connectivity index (χ1n) is 15.1.